The first-order valence-electron chi connectivity index (χ1n) is 7.90. The van der Waals surface area contributed by atoms with E-state index in [2.05, 4.69) is 24.8 Å². The van der Waals surface area contributed by atoms with E-state index in [-0.39, 0.29) is 5.41 Å². The topological polar surface area (TPSA) is 27.0 Å². The Labute approximate surface area is 113 Å². The van der Waals surface area contributed by atoms with Crippen molar-refractivity contribution in [3.63, 3.8) is 0 Å². The molecule has 1 saturated heterocycles. The molecule has 0 aromatic rings. The Kier molecular flexibility index (Phi) is 7.35. The summed E-state index contributed by atoms with van der Waals surface area (Å²) >= 11 is 0. The summed E-state index contributed by atoms with van der Waals surface area (Å²) in [5.74, 6) is 0. The molecule has 2 nitrogen and oxygen atoms in total. The number of hydrogen-bond donors (Lipinski definition) is 0. The minimum atomic E-state index is -0.0661. The molecule has 1 heterocycles. The van der Waals surface area contributed by atoms with E-state index in [1.807, 2.05) is 0 Å². The highest BCUT2D eigenvalue weighted by atomic mass is 15.1. The van der Waals surface area contributed by atoms with Crippen molar-refractivity contribution in [2.24, 2.45) is 5.41 Å². The van der Waals surface area contributed by atoms with Gasteiger partial charge in [0.1, 0.15) is 0 Å². The predicted octanol–water partition coefficient (Wildman–Crippen LogP) is 4.36. The SMILES string of the molecule is CCCCC(C#N)(CCCC)CN1CCCCC1. The van der Waals surface area contributed by atoms with Gasteiger partial charge in [0.2, 0.25) is 0 Å². The van der Waals surface area contributed by atoms with Crippen molar-refractivity contribution < 1.29 is 0 Å². The van der Waals surface area contributed by atoms with Gasteiger partial charge in [0, 0.05) is 6.54 Å². The zero-order valence-corrected chi connectivity index (χ0v) is 12.4. The van der Waals surface area contributed by atoms with Crippen molar-refractivity contribution >= 4 is 0 Å². The first kappa shape index (κ1) is 15.5. The summed E-state index contributed by atoms with van der Waals surface area (Å²) < 4.78 is 0. The summed E-state index contributed by atoms with van der Waals surface area (Å²) in [6.45, 7) is 7.89. The molecule has 0 saturated carbocycles. The summed E-state index contributed by atoms with van der Waals surface area (Å²) in [6.07, 6.45) is 11.0. The van der Waals surface area contributed by atoms with Crippen molar-refractivity contribution in [2.45, 2.75) is 71.6 Å². The molecule has 0 amide bonds. The van der Waals surface area contributed by atoms with Crippen LogP contribution >= 0.6 is 0 Å². The van der Waals surface area contributed by atoms with E-state index in [1.54, 1.807) is 0 Å². The van der Waals surface area contributed by atoms with Crippen molar-refractivity contribution in [1.82, 2.24) is 4.90 Å². The van der Waals surface area contributed by atoms with E-state index in [1.165, 1.54) is 58.0 Å². The van der Waals surface area contributed by atoms with E-state index in [4.69, 9.17) is 0 Å². The van der Waals surface area contributed by atoms with Crippen LogP contribution in [-0.2, 0) is 0 Å². The lowest BCUT2D eigenvalue weighted by Crippen LogP contribution is -2.40. The van der Waals surface area contributed by atoms with Gasteiger partial charge in [0.05, 0.1) is 11.5 Å². The van der Waals surface area contributed by atoms with Crippen LogP contribution in [0.3, 0.4) is 0 Å². The minimum absolute atomic E-state index is 0.0661. The standard InChI is InChI=1S/C16H30N2/c1-3-5-10-16(14-17,11-6-4-2)15-18-12-8-7-9-13-18/h3-13,15H2,1-2H3. The number of hydrogen-bond acceptors (Lipinski definition) is 2. The number of likely N-dealkylation sites (tertiary alicyclic amines) is 1. The third-order valence-electron chi connectivity index (χ3n) is 4.23. The highest BCUT2D eigenvalue weighted by Gasteiger charge is 2.31. The van der Waals surface area contributed by atoms with Gasteiger partial charge in [0.25, 0.3) is 0 Å². The van der Waals surface area contributed by atoms with E-state index >= 15 is 0 Å². The monoisotopic (exact) mass is 250 g/mol. The number of rotatable bonds is 8. The summed E-state index contributed by atoms with van der Waals surface area (Å²) in [4.78, 5) is 2.54. The molecule has 0 unspecified atom stereocenters. The maximum absolute atomic E-state index is 9.68. The highest BCUT2D eigenvalue weighted by Crippen LogP contribution is 2.32. The molecular weight excluding hydrogens is 220 g/mol. The summed E-state index contributed by atoms with van der Waals surface area (Å²) in [5, 5.41) is 9.68. The zero-order valence-electron chi connectivity index (χ0n) is 12.4. The molecule has 0 aromatic carbocycles. The van der Waals surface area contributed by atoms with Crippen molar-refractivity contribution in [3.05, 3.63) is 0 Å². The normalized spacial score (nSPS) is 17.6. The van der Waals surface area contributed by atoms with E-state index in [9.17, 15) is 5.26 Å². The predicted molar refractivity (Wildman–Crippen MR) is 77.4 cm³/mol. The van der Waals surface area contributed by atoms with Crippen LogP contribution in [0, 0.1) is 16.7 Å². The molecule has 1 rings (SSSR count). The molecule has 0 aromatic heterocycles. The third-order valence-corrected chi connectivity index (χ3v) is 4.23. The molecule has 0 aliphatic carbocycles. The first-order valence-corrected chi connectivity index (χ1v) is 7.90. The maximum Gasteiger partial charge on any atom is 0.0703 e. The van der Waals surface area contributed by atoms with Gasteiger partial charge in [0.15, 0.2) is 0 Å². The third kappa shape index (κ3) is 4.98. The van der Waals surface area contributed by atoms with Gasteiger partial charge in [-0.05, 0) is 38.8 Å². The summed E-state index contributed by atoms with van der Waals surface area (Å²) in [6, 6.07) is 2.69. The smallest absolute Gasteiger partial charge is 0.0703 e. The van der Waals surface area contributed by atoms with E-state index in [0.717, 1.165) is 19.4 Å². The van der Waals surface area contributed by atoms with Gasteiger partial charge in [-0.1, -0.05) is 46.0 Å². The second kappa shape index (κ2) is 8.53. The van der Waals surface area contributed by atoms with Gasteiger partial charge in [-0.2, -0.15) is 5.26 Å². The highest BCUT2D eigenvalue weighted by molar-refractivity contribution is 5.01. The van der Waals surface area contributed by atoms with Crippen LogP contribution in [0.4, 0.5) is 0 Å². The lowest BCUT2D eigenvalue weighted by atomic mass is 9.79. The quantitative estimate of drug-likeness (QED) is 0.640. The molecule has 104 valence electrons. The van der Waals surface area contributed by atoms with Gasteiger partial charge in [-0.25, -0.2) is 0 Å². The molecule has 0 bridgehead atoms. The van der Waals surface area contributed by atoms with Gasteiger partial charge < -0.3 is 4.90 Å². The fourth-order valence-electron chi connectivity index (χ4n) is 3.01. The van der Waals surface area contributed by atoms with Crippen LogP contribution in [0.5, 0.6) is 0 Å². The number of unbranched alkanes of at least 4 members (excludes halogenated alkanes) is 2. The van der Waals surface area contributed by atoms with Crippen molar-refractivity contribution in [2.75, 3.05) is 19.6 Å². The van der Waals surface area contributed by atoms with Gasteiger partial charge in [-0.15, -0.1) is 0 Å². The minimum Gasteiger partial charge on any atom is -0.302 e. The van der Waals surface area contributed by atoms with Crippen molar-refractivity contribution in [3.8, 4) is 6.07 Å². The van der Waals surface area contributed by atoms with Crippen LogP contribution in [-0.4, -0.2) is 24.5 Å². The molecule has 18 heavy (non-hydrogen) atoms. The maximum atomic E-state index is 9.68. The number of nitriles is 1. The van der Waals surface area contributed by atoms with Gasteiger partial charge >= 0.3 is 0 Å². The van der Waals surface area contributed by atoms with Crippen molar-refractivity contribution in [1.29, 1.82) is 5.26 Å². The fraction of sp³-hybridized carbons (Fsp3) is 0.938. The average Bonchev–Trinajstić information content (AvgIpc) is 2.43. The molecule has 1 fully saturated rings. The summed E-state index contributed by atoms with van der Waals surface area (Å²) in [7, 11) is 0. The molecule has 0 N–H and O–H groups in total. The molecule has 1 aliphatic heterocycles. The second-order valence-electron chi connectivity index (χ2n) is 5.94. The zero-order chi connectivity index (χ0) is 13.3. The Morgan fingerprint density at radius 2 is 1.56 bits per heavy atom. The Balaban J connectivity index is 2.58. The van der Waals surface area contributed by atoms with Crippen LogP contribution in [0.15, 0.2) is 0 Å². The Hall–Kier alpha value is -0.550. The van der Waals surface area contributed by atoms with Gasteiger partial charge in [-0.3, -0.25) is 0 Å². The van der Waals surface area contributed by atoms with E-state index < -0.39 is 0 Å². The average molecular weight is 250 g/mol. The Morgan fingerprint density at radius 1 is 1.00 bits per heavy atom. The lowest BCUT2D eigenvalue weighted by molar-refractivity contribution is 0.146. The van der Waals surface area contributed by atoms with Crippen LogP contribution in [0.1, 0.15) is 71.6 Å². The molecule has 1 aliphatic rings. The molecule has 2 heteroatoms. The molecular formula is C16H30N2. The van der Waals surface area contributed by atoms with Crippen LogP contribution in [0.2, 0.25) is 0 Å². The summed E-state index contributed by atoms with van der Waals surface area (Å²) in [5.41, 5.74) is -0.0661. The fourth-order valence-corrected chi connectivity index (χ4v) is 3.01. The molecule has 0 radical (unpaired) electrons. The van der Waals surface area contributed by atoms with Crippen LogP contribution in [0.25, 0.3) is 0 Å². The van der Waals surface area contributed by atoms with Crippen LogP contribution < -0.4 is 0 Å². The molecule has 0 atom stereocenters. The number of nitrogens with zero attached hydrogens (tertiary/aromatic N) is 2. The Morgan fingerprint density at radius 3 is 2.00 bits per heavy atom. The second-order valence-corrected chi connectivity index (χ2v) is 5.94. The Bertz CT molecular complexity index is 240. The number of piperidine rings is 1. The molecule has 0 spiro atoms. The van der Waals surface area contributed by atoms with E-state index in [0.29, 0.717) is 0 Å². The first-order chi connectivity index (χ1) is 8.76. The lowest BCUT2D eigenvalue weighted by Gasteiger charge is -2.35. The largest absolute Gasteiger partial charge is 0.302 e.